The molecule has 0 atom stereocenters. The number of unbranched alkanes of at least 4 members (excludes halogenated alkanes) is 1. The number of halogens is 1. The first kappa shape index (κ1) is 17.1. The van der Waals surface area contributed by atoms with Gasteiger partial charge < -0.3 is 9.30 Å². The fourth-order valence-electron chi connectivity index (χ4n) is 2.90. The fourth-order valence-corrected chi connectivity index (χ4v) is 2.90. The third-order valence-electron chi connectivity index (χ3n) is 4.26. The molecule has 5 heteroatoms. The number of fused-ring (bicyclic) bond motifs is 1. The summed E-state index contributed by atoms with van der Waals surface area (Å²) in [4.78, 5) is 16.2. The van der Waals surface area contributed by atoms with E-state index in [1.165, 1.54) is 19.2 Å². The first-order valence-corrected chi connectivity index (χ1v) is 8.44. The highest BCUT2D eigenvalue weighted by molar-refractivity contribution is 5.89. The molecule has 0 aliphatic carbocycles. The summed E-state index contributed by atoms with van der Waals surface area (Å²) in [5, 5.41) is 0. The molecule has 4 nitrogen and oxygen atoms in total. The molecule has 0 radical (unpaired) electrons. The van der Waals surface area contributed by atoms with Crippen molar-refractivity contribution in [2.24, 2.45) is 0 Å². The summed E-state index contributed by atoms with van der Waals surface area (Å²) in [6, 6.07) is 12.0. The molecule has 0 fully saturated rings. The van der Waals surface area contributed by atoms with Crippen LogP contribution in [0, 0.1) is 5.82 Å². The Morgan fingerprint density at radius 3 is 2.64 bits per heavy atom. The van der Waals surface area contributed by atoms with Gasteiger partial charge in [-0.05, 0) is 36.2 Å². The lowest BCUT2D eigenvalue weighted by molar-refractivity contribution is 0.0600. The smallest absolute Gasteiger partial charge is 0.337 e. The Balaban J connectivity index is 1.94. The summed E-state index contributed by atoms with van der Waals surface area (Å²) in [7, 11) is 1.37. The summed E-state index contributed by atoms with van der Waals surface area (Å²) < 4.78 is 20.4. The van der Waals surface area contributed by atoms with E-state index in [1.807, 2.05) is 12.1 Å². The second-order valence-corrected chi connectivity index (χ2v) is 6.04. The zero-order valence-electron chi connectivity index (χ0n) is 14.5. The van der Waals surface area contributed by atoms with E-state index >= 15 is 0 Å². The van der Waals surface area contributed by atoms with Gasteiger partial charge in [0.2, 0.25) is 0 Å². The van der Waals surface area contributed by atoms with Crippen LogP contribution in [0.4, 0.5) is 4.39 Å². The van der Waals surface area contributed by atoms with Crippen molar-refractivity contribution >= 4 is 17.0 Å². The minimum absolute atomic E-state index is 0.276. The number of nitrogens with zero attached hydrogens (tertiary/aromatic N) is 2. The molecule has 0 spiro atoms. The largest absolute Gasteiger partial charge is 0.465 e. The molecule has 0 unspecified atom stereocenters. The van der Waals surface area contributed by atoms with E-state index in [9.17, 15) is 9.18 Å². The highest BCUT2D eigenvalue weighted by Gasteiger charge is 2.12. The standard InChI is InChI=1S/C20H21FN2O2/c1-3-4-5-19-22-17-12-16(21)10-11-18(17)23(19)13-14-6-8-15(9-7-14)20(24)25-2/h6-12H,3-5,13H2,1-2H3. The maximum Gasteiger partial charge on any atom is 0.337 e. The first-order valence-electron chi connectivity index (χ1n) is 8.44. The molecule has 0 saturated carbocycles. The van der Waals surface area contributed by atoms with Crippen molar-refractivity contribution in [2.75, 3.05) is 7.11 Å². The molecule has 1 heterocycles. The van der Waals surface area contributed by atoms with E-state index < -0.39 is 0 Å². The molecule has 0 N–H and O–H groups in total. The van der Waals surface area contributed by atoms with Crippen molar-refractivity contribution in [3.05, 3.63) is 65.2 Å². The third kappa shape index (κ3) is 3.71. The number of carbonyl (C=O) groups is 1. The minimum atomic E-state index is -0.348. The molecule has 0 saturated heterocycles. The van der Waals surface area contributed by atoms with Crippen molar-refractivity contribution < 1.29 is 13.9 Å². The second kappa shape index (κ2) is 7.47. The van der Waals surface area contributed by atoms with Gasteiger partial charge in [0.15, 0.2) is 0 Å². The van der Waals surface area contributed by atoms with Crippen molar-refractivity contribution in [1.29, 1.82) is 0 Å². The Bertz CT molecular complexity index is 885. The van der Waals surface area contributed by atoms with E-state index in [0.29, 0.717) is 17.6 Å². The Labute approximate surface area is 146 Å². The summed E-state index contributed by atoms with van der Waals surface area (Å²) in [5.74, 6) is 0.333. The van der Waals surface area contributed by atoms with Crippen LogP contribution in [-0.4, -0.2) is 22.6 Å². The van der Waals surface area contributed by atoms with Gasteiger partial charge in [0.1, 0.15) is 11.6 Å². The number of methoxy groups -OCH3 is 1. The summed E-state index contributed by atoms with van der Waals surface area (Å²) in [6.45, 7) is 2.76. The first-order chi connectivity index (χ1) is 12.1. The SMILES string of the molecule is CCCCc1nc2cc(F)ccc2n1Cc1ccc(C(=O)OC)cc1. The Hall–Kier alpha value is -2.69. The maximum atomic E-state index is 13.5. The Kier molecular flexibility index (Phi) is 5.12. The lowest BCUT2D eigenvalue weighted by Gasteiger charge is -2.10. The molecule has 0 amide bonds. The molecule has 0 bridgehead atoms. The number of aryl methyl sites for hydroxylation is 1. The van der Waals surface area contributed by atoms with Gasteiger partial charge >= 0.3 is 5.97 Å². The topological polar surface area (TPSA) is 44.1 Å². The number of carbonyl (C=O) groups excluding carboxylic acids is 1. The number of ether oxygens (including phenoxy) is 1. The number of hydrogen-bond donors (Lipinski definition) is 0. The van der Waals surface area contributed by atoms with Gasteiger partial charge in [0.05, 0.1) is 23.7 Å². The quantitative estimate of drug-likeness (QED) is 0.627. The fraction of sp³-hybridized carbons (Fsp3) is 0.300. The average Bonchev–Trinajstić information content (AvgIpc) is 2.96. The Morgan fingerprint density at radius 1 is 1.20 bits per heavy atom. The lowest BCUT2D eigenvalue weighted by Crippen LogP contribution is -2.06. The van der Waals surface area contributed by atoms with E-state index in [-0.39, 0.29) is 11.8 Å². The van der Waals surface area contributed by atoms with Crippen LogP contribution in [0.2, 0.25) is 0 Å². The zero-order valence-corrected chi connectivity index (χ0v) is 14.5. The second-order valence-electron chi connectivity index (χ2n) is 6.04. The van der Waals surface area contributed by atoms with Gasteiger partial charge in [-0.15, -0.1) is 0 Å². The molecule has 0 aliphatic heterocycles. The van der Waals surface area contributed by atoms with Gasteiger partial charge in [0, 0.05) is 19.0 Å². The number of imidazole rings is 1. The predicted octanol–water partition coefficient (Wildman–Crippen LogP) is 4.35. The number of benzene rings is 2. The summed E-state index contributed by atoms with van der Waals surface area (Å²) in [5.41, 5.74) is 3.17. The van der Waals surface area contributed by atoms with Gasteiger partial charge in [-0.25, -0.2) is 14.2 Å². The van der Waals surface area contributed by atoms with Crippen LogP contribution in [0.15, 0.2) is 42.5 Å². The normalized spacial score (nSPS) is 11.0. The summed E-state index contributed by atoms with van der Waals surface area (Å²) in [6.07, 6.45) is 2.96. The van der Waals surface area contributed by atoms with Crippen molar-refractivity contribution in [3.63, 3.8) is 0 Å². The average molecular weight is 340 g/mol. The minimum Gasteiger partial charge on any atom is -0.465 e. The van der Waals surface area contributed by atoms with Crippen molar-refractivity contribution in [2.45, 2.75) is 32.7 Å². The van der Waals surface area contributed by atoms with Crippen LogP contribution >= 0.6 is 0 Å². The molecular weight excluding hydrogens is 319 g/mol. The van der Waals surface area contributed by atoms with Crippen molar-refractivity contribution in [3.8, 4) is 0 Å². The summed E-state index contributed by atoms with van der Waals surface area (Å²) >= 11 is 0. The van der Waals surface area contributed by atoms with Crippen LogP contribution in [0.3, 0.4) is 0 Å². The highest BCUT2D eigenvalue weighted by Crippen LogP contribution is 2.21. The molecule has 1 aromatic heterocycles. The molecule has 3 rings (SSSR count). The van der Waals surface area contributed by atoms with E-state index in [4.69, 9.17) is 4.74 Å². The number of esters is 1. The van der Waals surface area contributed by atoms with Crippen LogP contribution in [-0.2, 0) is 17.7 Å². The lowest BCUT2D eigenvalue weighted by atomic mass is 10.1. The third-order valence-corrected chi connectivity index (χ3v) is 4.26. The number of hydrogen-bond acceptors (Lipinski definition) is 3. The monoisotopic (exact) mass is 340 g/mol. The molecule has 25 heavy (non-hydrogen) atoms. The zero-order chi connectivity index (χ0) is 17.8. The van der Waals surface area contributed by atoms with Crippen LogP contribution in [0.5, 0.6) is 0 Å². The number of rotatable bonds is 6. The Morgan fingerprint density at radius 2 is 1.96 bits per heavy atom. The van der Waals surface area contributed by atoms with E-state index in [1.54, 1.807) is 18.2 Å². The molecule has 3 aromatic rings. The van der Waals surface area contributed by atoms with Gasteiger partial charge in [-0.1, -0.05) is 25.5 Å². The molecule has 2 aromatic carbocycles. The van der Waals surface area contributed by atoms with E-state index in [0.717, 1.165) is 36.2 Å². The highest BCUT2D eigenvalue weighted by atomic mass is 19.1. The molecule has 0 aliphatic rings. The maximum absolute atomic E-state index is 13.5. The van der Waals surface area contributed by atoms with Crippen LogP contribution in [0.25, 0.3) is 11.0 Å². The molecule has 130 valence electrons. The van der Waals surface area contributed by atoms with Gasteiger partial charge in [-0.2, -0.15) is 0 Å². The van der Waals surface area contributed by atoms with Gasteiger partial charge in [0.25, 0.3) is 0 Å². The van der Waals surface area contributed by atoms with E-state index in [2.05, 4.69) is 16.5 Å². The number of aromatic nitrogens is 2. The predicted molar refractivity (Wildman–Crippen MR) is 95.2 cm³/mol. The van der Waals surface area contributed by atoms with Crippen molar-refractivity contribution in [1.82, 2.24) is 9.55 Å². The van der Waals surface area contributed by atoms with Crippen LogP contribution in [0.1, 0.15) is 41.5 Å². The molecular formula is C20H21FN2O2. The van der Waals surface area contributed by atoms with Crippen LogP contribution < -0.4 is 0 Å². The van der Waals surface area contributed by atoms with Gasteiger partial charge in [-0.3, -0.25) is 0 Å².